The van der Waals surface area contributed by atoms with E-state index in [-0.39, 0.29) is 17.8 Å². The minimum atomic E-state index is -0.348. The molecule has 0 radical (unpaired) electrons. The lowest BCUT2D eigenvalue weighted by molar-refractivity contribution is 0.0943. The predicted molar refractivity (Wildman–Crippen MR) is 95.6 cm³/mol. The zero-order valence-corrected chi connectivity index (χ0v) is 14.3. The van der Waals surface area contributed by atoms with Gasteiger partial charge in [0.15, 0.2) is 16.6 Å². The number of hydrogen-bond acceptors (Lipinski definition) is 4. The van der Waals surface area contributed by atoms with Crippen molar-refractivity contribution in [1.29, 1.82) is 0 Å². The number of aryl methyl sites for hydroxylation is 1. The molecule has 0 spiro atoms. The molecule has 8 heteroatoms. The van der Waals surface area contributed by atoms with Crippen molar-refractivity contribution in [2.45, 2.75) is 6.92 Å². The van der Waals surface area contributed by atoms with Gasteiger partial charge in [-0.05, 0) is 55.0 Å². The third kappa shape index (κ3) is 3.69. The Morgan fingerprint density at radius 3 is 2.71 bits per heavy atom. The number of rotatable bonds is 2. The molecule has 1 amide bonds. The molecular weight excluding hydrogens is 350 g/mol. The highest BCUT2D eigenvalue weighted by molar-refractivity contribution is 7.80. The number of carbonyl (C=O) groups excluding carboxylic acids is 1. The highest BCUT2D eigenvalue weighted by Crippen LogP contribution is 2.32. The van der Waals surface area contributed by atoms with Crippen LogP contribution in [0, 0.1) is 6.92 Å². The van der Waals surface area contributed by atoms with Crippen LogP contribution < -0.4 is 25.6 Å². The Bertz CT molecular complexity index is 813. The fraction of sp³-hybridized carbons (Fsp3) is 0.125. The van der Waals surface area contributed by atoms with Crippen LogP contribution in [0.3, 0.4) is 0 Å². The van der Waals surface area contributed by atoms with Crippen molar-refractivity contribution in [2.24, 2.45) is 0 Å². The minimum Gasteiger partial charge on any atom is -0.454 e. The van der Waals surface area contributed by atoms with Crippen molar-refractivity contribution in [3.05, 3.63) is 52.5 Å². The Balaban J connectivity index is 1.55. The smallest absolute Gasteiger partial charge is 0.269 e. The molecule has 0 bridgehead atoms. The molecule has 3 rings (SSSR count). The summed E-state index contributed by atoms with van der Waals surface area (Å²) in [5.41, 5.74) is 7.27. The summed E-state index contributed by atoms with van der Waals surface area (Å²) in [6.45, 7) is 2.07. The van der Waals surface area contributed by atoms with E-state index in [2.05, 4.69) is 16.2 Å². The van der Waals surface area contributed by atoms with Gasteiger partial charge < -0.3 is 14.8 Å². The Hall–Kier alpha value is -2.51. The van der Waals surface area contributed by atoms with E-state index in [4.69, 9.17) is 33.3 Å². The number of amides is 1. The molecule has 0 unspecified atom stereocenters. The average molecular weight is 364 g/mol. The van der Waals surface area contributed by atoms with Crippen molar-refractivity contribution in [1.82, 2.24) is 10.9 Å². The van der Waals surface area contributed by atoms with Gasteiger partial charge in [-0.3, -0.25) is 15.6 Å². The van der Waals surface area contributed by atoms with Gasteiger partial charge in [-0.1, -0.05) is 17.7 Å². The van der Waals surface area contributed by atoms with E-state index in [0.29, 0.717) is 22.1 Å². The van der Waals surface area contributed by atoms with E-state index < -0.39 is 0 Å². The van der Waals surface area contributed by atoms with Crippen LogP contribution in [0.1, 0.15) is 15.9 Å². The third-order valence-electron chi connectivity index (χ3n) is 3.35. The molecule has 3 N–H and O–H groups in total. The van der Waals surface area contributed by atoms with Crippen LogP contribution in [0.2, 0.25) is 5.02 Å². The Morgan fingerprint density at radius 1 is 1.12 bits per heavy atom. The molecule has 0 atom stereocenters. The Labute approximate surface area is 149 Å². The first-order valence-corrected chi connectivity index (χ1v) is 7.85. The zero-order valence-electron chi connectivity index (χ0n) is 12.7. The van der Waals surface area contributed by atoms with Gasteiger partial charge in [-0.2, -0.15) is 0 Å². The van der Waals surface area contributed by atoms with Gasteiger partial charge >= 0.3 is 0 Å². The lowest BCUT2D eigenvalue weighted by Crippen LogP contribution is -2.43. The summed E-state index contributed by atoms with van der Waals surface area (Å²) < 4.78 is 10.4. The van der Waals surface area contributed by atoms with Gasteiger partial charge in [0.2, 0.25) is 6.79 Å². The molecule has 0 saturated heterocycles. The van der Waals surface area contributed by atoms with Crippen molar-refractivity contribution >= 4 is 40.5 Å². The van der Waals surface area contributed by atoms with E-state index in [1.807, 2.05) is 19.1 Å². The number of thiocarbonyl (C=S) groups is 1. The fourth-order valence-corrected chi connectivity index (χ4v) is 2.41. The van der Waals surface area contributed by atoms with E-state index >= 15 is 0 Å². The standard InChI is InChI=1S/C16H14ClN3O3S/c1-9-2-4-11(7-12(9)17)18-16(24)20-19-15(21)10-3-5-13-14(6-10)23-8-22-13/h2-7H,8H2,1H3,(H,19,21)(H2,18,20,24). The number of ether oxygens (including phenoxy) is 2. The maximum Gasteiger partial charge on any atom is 0.269 e. The molecule has 1 aliphatic rings. The maximum atomic E-state index is 12.1. The van der Waals surface area contributed by atoms with Gasteiger partial charge in [0.05, 0.1) is 0 Å². The summed E-state index contributed by atoms with van der Waals surface area (Å²) in [4.78, 5) is 12.1. The fourth-order valence-electron chi connectivity index (χ4n) is 2.06. The first kappa shape index (κ1) is 16.4. The highest BCUT2D eigenvalue weighted by atomic mass is 35.5. The van der Waals surface area contributed by atoms with Crippen molar-refractivity contribution < 1.29 is 14.3 Å². The molecule has 0 aliphatic carbocycles. The van der Waals surface area contributed by atoms with Crippen LogP contribution in [-0.4, -0.2) is 17.8 Å². The van der Waals surface area contributed by atoms with Gasteiger partial charge in [0.1, 0.15) is 0 Å². The van der Waals surface area contributed by atoms with Crippen molar-refractivity contribution in [3.63, 3.8) is 0 Å². The van der Waals surface area contributed by atoms with Gasteiger partial charge in [-0.25, -0.2) is 0 Å². The molecule has 0 aromatic heterocycles. The first-order valence-electron chi connectivity index (χ1n) is 7.06. The quantitative estimate of drug-likeness (QED) is 0.563. The minimum absolute atomic E-state index is 0.159. The van der Waals surface area contributed by atoms with Crippen LogP contribution in [-0.2, 0) is 0 Å². The van der Waals surface area contributed by atoms with Crippen LogP contribution in [0.5, 0.6) is 11.5 Å². The monoisotopic (exact) mass is 363 g/mol. The summed E-state index contributed by atoms with van der Waals surface area (Å²) in [6.07, 6.45) is 0. The van der Waals surface area contributed by atoms with Gasteiger partial charge in [-0.15, -0.1) is 0 Å². The highest BCUT2D eigenvalue weighted by Gasteiger charge is 2.16. The number of fused-ring (bicyclic) bond motifs is 1. The van der Waals surface area contributed by atoms with Crippen molar-refractivity contribution in [3.8, 4) is 11.5 Å². The number of anilines is 1. The Kier molecular flexibility index (Phi) is 4.73. The lowest BCUT2D eigenvalue weighted by atomic mass is 10.2. The topological polar surface area (TPSA) is 71.6 Å². The number of halogens is 1. The average Bonchev–Trinajstić information content (AvgIpc) is 3.03. The molecular formula is C16H14ClN3O3S. The predicted octanol–water partition coefficient (Wildman–Crippen LogP) is 3.01. The summed E-state index contributed by atoms with van der Waals surface area (Å²) >= 11 is 11.2. The molecule has 2 aromatic rings. The second kappa shape index (κ2) is 6.94. The van der Waals surface area contributed by atoms with E-state index in [0.717, 1.165) is 11.3 Å². The van der Waals surface area contributed by atoms with E-state index in [1.54, 1.807) is 24.3 Å². The van der Waals surface area contributed by atoms with Crippen LogP contribution in [0.4, 0.5) is 5.69 Å². The summed E-state index contributed by atoms with van der Waals surface area (Å²) in [5, 5.41) is 3.81. The largest absolute Gasteiger partial charge is 0.454 e. The second-order valence-electron chi connectivity index (χ2n) is 5.07. The number of hydrazine groups is 1. The van der Waals surface area contributed by atoms with Crippen LogP contribution in [0.15, 0.2) is 36.4 Å². The van der Waals surface area contributed by atoms with Crippen LogP contribution >= 0.6 is 23.8 Å². The summed E-state index contributed by atoms with van der Waals surface area (Å²) in [6, 6.07) is 10.4. The van der Waals surface area contributed by atoms with Gasteiger partial charge in [0.25, 0.3) is 5.91 Å². The third-order valence-corrected chi connectivity index (χ3v) is 3.97. The molecule has 2 aromatic carbocycles. The molecule has 6 nitrogen and oxygen atoms in total. The molecule has 1 aliphatic heterocycles. The second-order valence-corrected chi connectivity index (χ2v) is 5.88. The number of hydrogen-bond donors (Lipinski definition) is 3. The summed E-state index contributed by atoms with van der Waals surface area (Å²) in [7, 11) is 0. The SMILES string of the molecule is Cc1ccc(NC(=S)NNC(=O)c2ccc3c(c2)OCO3)cc1Cl. The Morgan fingerprint density at radius 2 is 1.92 bits per heavy atom. The summed E-state index contributed by atoms with van der Waals surface area (Å²) in [5.74, 6) is 0.810. The van der Waals surface area contributed by atoms with Crippen LogP contribution in [0.25, 0.3) is 0 Å². The molecule has 124 valence electrons. The molecule has 24 heavy (non-hydrogen) atoms. The molecule has 0 fully saturated rings. The lowest BCUT2D eigenvalue weighted by Gasteiger charge is -2.12. The number of benzene rings is 2. The van der Waals surface area contributed by atoms with E-state index in [9.17, 15) is 4.79 Å². The van der Waals surface area contributed by atoms with Gasteiger partial charge in [0, 0.05) is 16.3 Å². The number of carbonyl (C=O) groups is 1. The van der Waals surface area contributed by atoms with E-state index in [1.165, 1.54) is 0 Å². The first-order chi connectivity index (χ1) is 11.5. The zero-order chi connectivity index (χ0) is 17.1. The number of nitrogens with one attached hydrogen (secondary N) is 3. The molecule has 1 heterocycles. The molecule has 0 saturated carbocycles. The maximum absolute atomic E-state index is 12.1. The van der Waals surface area contributed by atoms with Crippen molar-refractivity contribution in [2.75, 3.05) is 12.1 Å². The normalized spacial score (nSPS) is 11.8.